The molecule has 4 heteroatoms. The minimum absolute atomic E-state index is 0. The highest BCUT2D eigenvalue weighted by Gasteiger charge is 2.47. The van der Waals surface area contributed by atoms with E-state index in [4.69, 9.17) is 5.73 Å². The summed E-state index contributed by atoms with van der Waals surface area (Å²) < 4.78 is 0. The number of piperidine rings is 1. The summed E-state index contributed by atoms with van der Waals surface area (Å²) in [5, 5.41) is 0. The quantitative estimate of drug-likeness (QED) is 0.863. The Morgan fingerprint density at radius 3 is 2.16 bits per heavy atom. The van der Waals surface area contributed by atoms with Gasteiger partial charge in [-0.2, -0.15) is 0 Å². The van der Waals surface area contributed by atoms with Crippen molar-refractivity contribution in [1.29, 1.82) is 0 Å². The van der Waals surface area contributed by atoms with Crippen LogP contribution in [0.1, 0.15) is 45.4 Å². The molecular formula is C15H27ClN2O. The maximum atomic E-state index is 12.7. The van der Waals surface area contributed by atoms with Crippen molar-refractivity contribution < 1.29 is 4.79 Å². The fraction of sp³-hybridized carbons (Fsp3) is 0.933. The lowest BCUT2D eigenvalue weighted by atomic mass is 9.89. The summed E-state index contributed by atoms with van der Waals surface area (Å²) in [5.74, 6) is 2.80. The highest BCUT2D eigenvalue weighted by atomic mass is 35.5. The van der Waals surface area contributed by atoms with Crippen molar-refractivity contribution in [3.63, 3.8) is 0 Å². The van der Waals surface area contributed by atoms with Crippen LogP contribution in [-0.2, 0) is 4.79 Å². The van der Waals surface area contributed by atoms with Crippen molar-refractivity contribution in [3.8, 4) is 0 Å². The summed E-state index contributed by atoms with van der Waals surface area (Å²) in [6.45, 7) is 3.96. The number of nitrogens with two attached hydrogens (primary N) is 1. The van der Waals surface area contributed by atoms with Gasteiger partial charge in [0.05, 0.1) is 0 Å². The number of hydrogen-bond donors (Lipinski definition) is 1. The first-order valence-electron chi connectivity index (χ1n) is 7.71. The number of rotatable bonds is 4. The summed E-state index contributed by atoms with van der Waals surface area (Å²) in [4.78, 5) is 14.9. The highest BCUT2D eigenvalue weighted by Crippen LogP contribution is 2.50. The summed E-state index contributed by atoms with van der Waals surface area (Å²) >= 11 is 0. The number of amides is 1. The van der Waals surface area contributed by atoms with Gasteiger partial charge in [-0.25, -0.2) is 0 Å². The van der Waals surface area contributed by atoms with Crippen LogP contribution in [-0.4, -0.2) is 29.9 Å². The fourth-order valence-corrected chi connectivity index (χ4v) is 3.55. The van der Waals surface area contributed by atoms with E-state index in [-0.39, 0.29) is 18.4 Å². The molecule has 2 N–H and O–H groups in total. The van der Waals surface area contributed by atoms with E-state index in [0.29, 0.717) is 17.7 Å². The Morgan fingerprint density at radius 1 is 1.11 bits per heavy atom. The number of halogens is 1. The molecule has 2 aliphatic carbocycles. The molecule has 1 aliphatic heterocycles. The maximum absolute atomic E-state index is 12.7. The van der Waals surface area contributed by atoms with Crippen LogP contribution in [0.15, 0.2) is 0 Å². The first kappa shape index (κ1) is 15.1. The summed E-state index contributed by atoms with van der Waals surface area (Å²) in [7, 11) is 0. The third-order valence-corrected chi connectivity index (χ3v) is 5.06. The van der Waals surface area contributed by atoms with E-state index in [1.807, 2.05) is 0 Å². The molecule has 0 bridgehead atoms. The summed E-state index contributed by atoms with van der Waals surface area (Å²) in [6, 6.07) is 0.223. The molecule has 1 amide bonds. The van der Waals surface area contributed by atoms with Gasteiger partial charge in [0.15, 0.2) is 0 Å². The molecule has 2 unspecified atom stereocenters. The number of likely N-dealkylation sites (tertiary alicyclic amines) is 1. The third kappa shape index (κ3) is 3.43. The number of nitrogens with zero attached hydrogens (tertiary/aromatic N) is 1. The molecule has 3 aliphatic rings. The zero-order valence-electron chi connectivity index (χ0n) is 11.9. The van der Waals surface area contributed by atoms with E-state index >= 15 is 0 Å². The lowest BCUT2D eigenvalue weighted by Crippen LogP contribution is -2.47. The van der Waals surface area contributed by atoms with Crippen LogP contribution in [0.3, 0.4) is 0 Å². The van der Waals surface area contributed by atoms with Crippen LogP contribution in [0.4, 0.5) is 0 Å². The number of carbonyl (C=O) groups is 1. The van der Waals surface area contributed by atoms with Crippen molar-refractivity contribution in [2.45, 2.75) is 51.5 Å². The van der Waals surface area contributed by atoms with Crippen molar-refractivity contribution in [2.75, 3.05) is 13.1 Å². The Morgan fingerprint density at radius 2 is 1.68 bits per heavy atom. The molecule has 2 saturated carbocycles. The molecule has 0 radical (unpaired) electrons. The van der Waals surface area contributed by atoms with Gasteiger partial charge < -0.3 is 10.6 Å². The molecule has 2 atom stereocenters. The van der Waals surface area contributed by atoms with E-state index < -0.39 is 0 Å². The zero-order valence-corrected chi connectivity index (χ0v) is 12.7. The molecule has 3 nitrogen and oxygen atoms in total. The monoisotopic (exact) mass is 286 g/mol. The predicted molar refractivity (Wildman–Crippen MR) is 79.1 cm³/mol. The van der Waals surface area contributed by atoms with Crippen LogP contribution in [0.25, 0.3) is 0 Å². The highest BCUT2D eigenvalue weighted by molar-refractivity contribution is 5.85. The molecule has 3 rings (SSSR count). The van der Waals surface area contributed by atoms with Crippen molar-refractivity contribution in [3.05, 3.63) is 0 Å². The van der Waals surface area contributed by atoms with E-state index in [1.165, 1.54) is 32.1 Å². The minimum Gasteiger partial charge on any atom is -0.342 e. The van der Waals surface area contributed by atoms with Gasteiger partial charge in [0.25, 0.3) is 0 Å². The summed E-state index contributed by atoms with van der Waals surface area (Å²) in [6.07, 6.45) is 7.49. The van der Waals surface area contributed by atoms with Gasteiger partial charge >= 0.3 is 0 Å². The van der Waals surface area contributed by atoms with E-state index in [2.05, 4.69) is 11.8 Å². The molecule has 3 fully saturated rings. The SMILES string of the molecule is CC(N)C1CCCN(C(=O)C(C2CC2)C2CC2)C1.Cl. The lowest BCUT2D eigenvalue weighted by Gasteiger charge is -2.36. The largest absolute Gasteiger partial charge is 0.342 e. The zero-order chi connectivity index (χ0) is 12.7. The molecule has 1 saturated heterocycles. The van der Waals surface area contributed by atoms with Crippen LogP contribution in [0, 0.1) is 23.7 Å². The third-order valence-electron chi connectivity index (χ3n) is 5.06. The average Bonchev–Trinajstić information content (AvgIpc) is 3.23. The molecule has 0 aromatic carbocycles. The Bertz CT molecular complexity index is 314. The van der Waals surface area contributed by atoms with E-state index in [0.717, 1.165) is 31.3 Å². The van der Waals surface area contributed by atoms with E-state index in [1.54, 1.807) is 0 Å². The molecule has 0 spiro atoms. The Labute approximate surface area is 122 Å². The number of hydrogen-bond acceptors (Lipinski definition) is 2. The van der Waals surface area contributed by atoms with Gasteiger partial charge in [-0.05, 0) is 63.2 Å². The Balaban J connectivity index is 0.00000133. The standard InChI is InChI=1S/C15H26N2O.ClH/c1-10(16)13-3-2-8-17(9-13)15(18)14(11-4-5-11)12-6-7-12;/h10-14H,2-9,16H2,1H3;1H. The predicted octanol–water partition coefficient (Wildman–Crippen LogP) is 2.43. The lowest BCUT2D eigenvalue weighted by molar-refractivity contribution is -0.139. The second-order valence-corrected chi connectivity index (χ2v) is 6.75. The fourth-order valence-electron chi connectivity index (χ4n) is 3.55. The van der Waals surface area contributed by atoms with Gasteiger partial charge in [0, 0.05) is 25.0 Å². The average molecular weight is 287 g/mol. The molecule has 0 aromatic heterocycles. The maximum Gasteiger partial charge on any atom is 0.226 e. The number of carbonyl (C=O) groups excluding carboxylic acids is 1. The first-order valence-corrected chi connectivity index (χ1v) is 7.71. The van der Waals surface area contributed by atoms with Gasteiger partial charge in [0.1, 0.15) is 0 Å². The van der Waals surface area contributed by atoms with Gasteiger partial charge in [-0.15, -0.1) is 12.4 Å². The van der Waals surface area contributed by atoms with Crippen LogP contribution < -0.4 is 5.73 Å². The van der Waals surface area contributed by atoms with Gasteiger partial charge in [-0.3, -0.25) is 4.79 Å². The van der Waals surface area contributed by atoms with Crippen LogP contribution >= 0.6 is 12.4 Å². The Hall–Kier alpha value is -0.280. The summed E-state index contributed by atoms with van der Waals surface area (Å²) in [5.41, 5.74) is 6.01. The minimum atomic E-state index is 0. The molecule has 110 valence electrons. The van der Waals surface area contributed by atoms with Gasteiger partial charge in [-0.1, -0.05) is 0 Å². The molecule has 19 heavy (non-hydrogen) atoms. The van der Waals surface area contributed by atoms with Crippen molar-refractivity contribution in [1.82, 2.24) is 4.90 Å². The van der Waals surface area contributed by atoms with Crippen molar-refractivity contribution >= 4 is 18.3 Å². The molecule has 1 heterocycles. The molecular weight excluding hydrogens is 260 g/mol. The second kappa shape index (κ2) is 6.01. The van der Waals surface area contributed by atoms with Crippen molar-refractivity contribution in [2.24, 2.45) is 29.4 Å². The van der Waals surface area contributed by atoms with E-state index in [9.17, 15) is 4.79 Å². The van der Waals surface area contributed by atoms with Crippen LogP contribution in [0.2, 0.25) is 0 Å². The first-order chi connectivity index (χ1) is 8.66. The Kier molecular flexibility index (Phi) is 4.78. The smallest absolute Gasteiger partial charge is 0.226 e. The second-order valence-electron chi connectivity index (χ2n) is 6.75. The van der Waals surface area contributed by atoms with Crippen LogP contribution in [0.5, 0.6) is 0 Å². The van der Waals surface area contributed by atoms with Gasteiger partial charge in [0.2, 0.25) is 5.91 Å². The normalized spacial score (nSPS) is 29.0. The topological polar surface area (TPSA) is 46.3 Å². The molecule has 0 aromatic rings.